The third-order valence-corrected chi connectivity index (χ3v) is 6.41. The predicted molar refractivity (Wildman–Crippen MR) is 144 cm³/mol. The molecule has 0 aliphatic heterocycles. The van der Waals surface area contributed by atoms with Gasteiger partial charge in [0.15, 0.2) is 6.61 Å². The maximum absolute atomic E-state index is 12.3. The number of amides is 2. The fourth-order valence-corrected chi connectivity index (χ4v) is 4.36. The second-order valence-electron chi connectivity index (χ2n) is 7.46. The van der Waals surface area contributed by atoms with E-state index < -0.39 is 22.5 Å². The molecule has 0 radical (unpaired) electrons. The highest BCUT2D eigenvalue weighted by Gasteiger charge is 2.20. The van der Waals surface area contributed by atoms with Crippen molar-refractivity contribution in [3.63, 3.8) is 0 Å². The minimum atomic E-state index is -3.69. The topological polar surface area (TPSA) is 117 Å². The lowest BCUT2D eigenvalue weighted by atomic mass is 10.2. The molecule has 2 N–H and O–H groups in total. The highest BCUT2D eigenvalue weighted by Crippen LogP contribution is 2.22. The highest BCUT2D eigenvalue weighted by molar-refractivity contribution is 9.10. The van der Waals surface area contributed by atoms with Gasteiger partial charge in [-0.15, -0.1) is 0 Å². The number of sulfonamides is 1. The van der Waals surface area contributed by atoms with E-state index in [1.165, 1.54) is 6.21 Å². The summed E-state index contributed by atoms with van der Waals surface area (Å²) in [7, 11) is -3.69. The van der Waals surface area contributed by atoms with E-state index >= 15 is 0 Å². The van der Waals surface area contributed by atoms with Gasteiger partial charge in [-0.1, -0.05) is 39.7 Å². The molecular formula is C24H22BrClN4O5S. The second-order valence-corrected chi connectivity index (χ2v) is 10.7. The molecule has 0 aromatic heterocycles. The van der Waals surface area contributed by atoms with Crippen LogP contribution in [0.4, 0.5) is 11.4 Å². The number of carbonyl (C=O) groups is 2. The lowest BCUT2D eigenvalue weighted by molar-refractivity contribution is -0.119. The predicted octanol–water partition coefficient (Wildman–Crippen LogP) is 4.04. The Labute approximate surface area is 222 Å². The molecule has 0 saturated heterocycles. The van der Waals surface area contributed by atoms with Gasteiger partial charge in [0.1, 0.15) is 12.3 Å². The van der Waals surface area contributed by atoms with Gasteiger partial charge in [-0.2, -0.15) is 5.10 Å². The van der Waals surface area contributed by atoms with Crippen LogP contribution >= 0.6 is 27.5 Å². The molecule has 3 aromatic carbocycles. The molecule has 0 atom stereocenters. The summed E-state index contributed by atoms with van der Waals surface area (Å²) < 4.78 is 31.4. The number of anilines is 2. The first-order valence-electron chi connectivity index (χ1n) is 10.4. The second kappa shape index (κ2) is 12.5. The summed E-state index contributed by atoms with van der Waals surface area (Å²) >= 11 is 9.19. The first-order valence-corrected chi connectivity index (χ1v) is 13.5. The molecule has 0 heterocycles. The Balaban J connectivity index is 1.49. The zero-order valence-electron chi connectivity index (χ0n) is 19.0. The van der Waals surface area contributed by atoms with Gasteiger partial charge < -0.3 is 10.1 Å². The average Bonchev–Trinajstić information content (AvgIpc) is 2.81. The van der Waals surface area contributed by atoms with Crippen LogP contribution in [0.2, 0.25) is 5.02 Å². The first-order chi connectivity index (χ1) is 17.1. The van der Waals surface area contributed by atoms with Crippen LogP contribution in [0.3, 0.4) is 0 Å². The molecule has 0 aliphatic carbocycles. The fourth-order valence-electron chi connectivity index (χ4n) is 2.94. The number of benzene rings is 3. The Morgan fingerprint density at radius 2 is 1.78 bits per heavy atom. The number of nitrogens with one attached hydrogen (secondary N) is 2. The zero-order chi connectivity index (χ0) is 26.1. The van der Waals surface area contributed by atoms with Crippen LogP contribution in [0.5, 0.6) is 5.75 Å². The fraction of sp³-hybridized carbons (Fsp3) is 0.125. The van der Waals surface area contributed by atoms with Crippen LogP contribution in [0.1, 0.15) is 5.56 Å². The monoisotopic (exact) mass is 592 g/mol. The number of nitrogens with zero attached hydrogens (tertiary/aromatic N) is 2. The van der Waals surface area contributed by atoms with Gasteiger partial charge in [-0.25, -0.2) is 13.8 Å². The van der Waals surface area contributed by atoms with E-state index in [0.717, 1.165) is 10.6 Å². The average molecular weight is 594 g/mol. The van der Waals surface area contributed by atoms with Crippen LogP contribution in [0.15, 0.2) is 82.4 Å². The SMILES string of the molecule is CS(=O)(=O)N(CC(=O)N/N=C\c1ccc(OCC(=O)Nc2cccc(Cl)c2)cc1)c1cccc(Br)c1. The maximum atomic E-state index is 12.3. The number of hydrogen-bond donors (Lipinski definition) is 2. The smallest absolute Gasteiger partial charge is 0.262 e. The van der Waals surface area contributed by atoms with Crippen LogP contribution in [-0.2, 0) is 19.6 Å². The molecule has 2 amide bonds. The van der Waals surface area contributed by atoms with Crippen LogP contribution in [-0.4, -0.2) is 45.9 Å². The van der Waals surface area contributed by atoms with Crippen molar-refractivity contribution in [3.05, 3.63) is 87.9 Å². The molecule has 12 heteroatoms. The standard InChI is InChI=1S/C24H22BrClN4O5S/c1-36(33,34)30(21-7-2-4-18(25)12-21)15-23(31)29-27-14-17-8-10-22(11-9-17)35-16-24(32)28-20-6-3-5-19(26)13-20/h2-14H,15-16H2,1H3,(H,28,32)(H,29,31)/b27-14-. The number of rotatable bonds is 10. The van der Waals surface area contributed by atoms with E-state index in [2.05, 4.69) is 31.8 Å². The van der Waals surface area contributed by atoms with Gasteiger partial charge in [0.2, 0.25) is 10.0 Å². The zero-order valence-corrected chi connectivity index (χ0v) is 22.2. The normalized spacial score (nSPS) is 11.2. The van der Waals surface area contributed by atoms with Crippen LogP contribution in [0.25, 0.3) is 0 Å². The Hall–Kier alpha value is -3.41. The van der Waals surface area contributed by atoms with E-state index in [-0.39, 0.29) is 12.5 Å². The summed E-state index contributed by atoms with van der Waals surface area (Å²) in [5.41, 5.74) is 3.89. The lowest BCUT2D eigenvalue weighted by Crippen LogP contribution is -2.39. The molecule has 36 heavy (non-hydrogen) atoms. The summed E-state index contributed by atoms with van der Waals surface area (Å²) in [5.74, 6) is -0.478. The number of hydrogen-bond acceptors (Lipinski definition) is 6. The van der Waals surface area contributed by atoms with Gasteiger partial charge >= 0.3 is 0 Å². The van der Waals surface area contributed by atoms with Crippen molar-refractivity contribution in [2.45, 2.75) is 0 Å². The molecule has 0 aliphatic rings. The van der Waals surface area contributed by atoms with Crippen molar-refractivity contribution in [1.82, 2.24) is 5.43 Å². The van der Waals surface area contributed by atoms with Gasteiger partial charge in [0.25, 0.3) is 11.8 Å². The molecule has 0 spiro atoms. The Morgan fingerprint density at radius 1 is 1.06 bits per heavy atom. The molecule has 0 saturated carbocycles. The molecule has 3 aromatic rings. The van der Waals surface area contributed by atoms with Gasteiger partial charge in [0, 0.05) is 15.2 Å². The van der Waals surface area contributed by atoms with Crippen molar-refractivity contribution in [1.29, 1.82) is 0 Å². The Kier molecular flexibility index (Phi) is 9.45. The minimum Gasteiger partial charge on any atom is -0.484 e. The molecule has 0 fully saturated rings. The molecule has 3 rings (SSSR count). The number of ether oxygens (including phenoxy) is 1. The van der Waals surface area contributed by atoms with Crippen molar-refractivity contribution < 1.29 is 22.7 Å². The number of halogens is 2. The molecule has 9 nitrogen and oxygen atoms in total. The van der Waals surface area contributed by atoms with Gasteiger partial charge in [0.05, 0.1) is 18.2 Å². The van der Waals surface area contributed by atoms with E-state index in [4.69, 9.17) is 16.3 Å². The van der Waals surface area contributed by atoms with Crippen molar-refractivity contribution in [2.24, 2.45) is 5.10 Å². The summed E-state index contributed by atoms with van der Waals surface area (Å²) in [6, 6.07) is 20.1. The van der Waals surface area contributed by atoms with E-state index in [0.29, 0.717) is 32.2 Å². The third kappa shape index (κ3) is 8.67. The summed E-state index contributed by atoms with van der Waals surface area (Å²) in [5, 5.41) is 7.07. The van der Waals surface area contributed by atoms with Crippen molar-refractivity contribution in [2.75, 3.05) is 29.0 Å². The Morgan fingerprint density at radius 3 is 2.44 bits per heavy atom. The van der Waals surface area contributed by atoms with E-state index in [1.54, 1.807) is 72.8 Å². The number of hydrazone groups is 1. The minimum absolute atomic E-state index is 0.190. The Bertz CT molecular complexity index is 1370. The first kappa shape index (κ1) is 27.2. The van der Waals surface area contributed by atoms with Crippen LogP contribution in [0, 0.1) is 0 Å². The molecule has 0 unspecified atom stereocenters. The van der Waals surface area contributed by atoms with Crippen molar-refractivity contribution >= 4 is 67.0 Å². The largest absolute Gasteiger partial charge is 0.484 e. The highest BCUT2D eigenvalue weighted by atomic mass is 79.9. The third-order valence-electron chi connectivity index (χ3n) is 4.55. The molecular weight excluding hydrogens is 572 g/mol. The lowest BCUT2D eigenvalue weighted by Gasteiger charge is -2.21. The summed E-state index contributed by atoms with van der Waals surface area (Å²) in [6.45, 7) is -0.624. The van der Waals surface area contributed by atoms with Gasteiger partial charge in [-0.05, 0) is 66.2 Å². The summed E-state index contributed by atoms with van der Waals surface area (Å²) in [6.07, 6.45) is 2.42. The van der Waals surface area contributed by atoms with Crippen LogP contribution < -0.4 is 19.8 Å². The summed E-state index contributed by atoms with van der Waals surface area (Å²) in [4.78, 5) is 24.3. The van der Waals surface area contributed by atoms with Crippen molar-refractivity contribution in [3.8, 4) is 5.75 Å². The maximum Gasteiger partial charge on any atom is 0.262 e. The molecule has 188 valence electrons. The van der Waals surface area contributed by atoms with Gasteiger partial charge in [-0.3, -0.25) is 13.9 Å². The quantitative estimate of drug-likeness (QED) is 0.272. The number of carbonyl (C=O) groups excluding carboxylic acids is 2. The molecule has 0 bridgehead atoms. The van der Waals surface area contributed by atoms with E-state index in [1.807, 2.05) is 0 Å². The van der Waals surface area contributed by atoms with E-state index in [9.17, 15) is 18.0 Å².